The Balaban J connectivity index is 1.61. The molecule has 0 aliphatic heterocycles. The highest BCUT2D eigenvalue weighted by atomic mass is 16.6. The maximum Gasteiger partial charge on any atom is 0.409 e. The molecule has 0 bridgehead atoms. The number of ether oxygens (including phenoxy) is 4. The van der Waals surface area contributed by atoms with Gasteiger partial charge in [-0.1, -0.05) is 136 Å². The maximum atomic E-state index is 13.1. The Hall–Kier alpha value is -3.49. The van der Waals surface area contributed by atoms with Crippen LogP contribution in [-0.4, -0.2) is 62.6 Å². The monoisotopic (exact) mass is 628 g/mol. The number of hydrogen-bond donors (Lipinski definition) is 1. The zero-order valence-corrected chi connectivity index (χ0v) is 27.8. The lowest BCUT2D eigenvalue weighted by Crippen LogP contribution is -2.58. The van der Waals surface area contributed by atoms with Crippen LogP contribution in [0.3, 0.4) is 0 Å². The van der Waals surface area contributed by atoms with Crippen molar-refractivity contribution in [2.45, 2.75) is 89.6 Å². The highest BCUT2D eigenvalue weighted by Gasteiger charge is 2.44. The van der Waals surface area contributed by atoms with Gasteiger partial charge < -0.3 is 29.2 Å². The average molecular weight is 629 g/mol. The molecule has 46 heavy (non-hydrogen) atoms. The van der Waals surface area contributed by atoms with E-state index in [1.807, 2.05) is 78.9 Å². The lowest BCUT2D eigenvalue weighted by Gasteiger charge is -2.42. The molecule has 4 atom stereocenters. The van der Waals surface area contributed by atoms with Crippen LogP contribution in [0.1, 0.15) is 62.1 Å². The number of hydrogen-bond acceptors (Lipinski definition) is 6. The van der Waals surface area contributed by atoms with Gasteiger partial charge in [-0.05, 0) is 35.2 Å². The van der Waals surface area contributed by atoms with E-state index in [2.05, 4.69) is 30.4 Å². The number of rotatable bonds is 19. The number of carbonyl (C=O) groups excluding carboxylic acids is 1. The molecule has 0 saturated heterocycles. The quantitative estimate of drug-likeness (QED) is 0.108. The van der Waals surface area contributed by atoms with Crippen LogP contribution in [0, 0.1) is 0 Å². The van der Waals surface area contributed by atoms with Gasteiger partial charge in [0.1, 0.15) is 12.2 Å². The largest absolute Gasteiger partial charge is 0.441 e. The molecule has 0 radical (unpaired) electrons. The number of benzene rings is 3. The van der Waals surface area contributed by atoms with E-state index in [-0.39, 0.29) is 6.04 Å². The van der Waals surface area contributed by atoms with Crippen molar-refractivity contribution in [3.8, 4) is 0 Å². The Morgan fingerprint density at radius 2 is 1.22 bits per heavy atom. The van der Waals surface area contributed by atoms with Crippen LogP contribution in [0.15, 0.2) is 103 Å². The molecule has 0 saturated carbocycles. The first-order valence-electron chi connectivity index (χ1n) is 16.8. The third-order valence-electron chi connectivity index (χ3n) is 8.19. The fourth-order valence-corrected chi connectivity index (χ4v) is 5.62. The molecule has 3 aromatic carbocycles. The van der Waals surface area contributed by atoms with Crippen molar-refractivity contribution in [3.05, 3.63) is 119 Å². The SMILES string of the molecule is CCCCCCCCN[C@H]1C=C(COCc2ccccc2)[C@@H](OCc2ccccc2)[C@H](OCc2ccccc2)[C@@H]1OC(=O)N(C)C. The summed E-state index contributed by atoms with van der Waals surface area (Å²) in [5.41, 5.74) is 4.17. The van der Waals surface area contributed by atoms with Crippen LogP contribution in [0.2, 0.25) is 0 Å². The molecule has 1 N–H and O–H groups in total. The molecule has 248 valence electrons. The summed E-state index contributed by atoms with van der Waals surface area (Å²) in [6.45, 7) is 4.63. The predicted octanol–water partition coefficient (Wildman–Crippen LogP) is 7.70. The second-order valence-corrected chi connectivity index (χ2v) is 12.2. The normalized spacial score (nSPS) is 19.4. The first-order valence-corrected chi connectivity index (χ1v) is 16.8. The van der Waals surface area contributed by atoms with Crippen molar-refractivity contribution in [2.75, 3.05) is 27.2 Å². The maximum absolute atomic E-state index is 13.1. The van der Waals surface area contributed by atoms with E-state index in [1.54, 1.807) is 14.1 Å². The summed E-state index contributed by atoms with van der Waals surface area (Å²) < 4.78 is 25.9. The van der Waals surface area contributed by atoms with Gasteiger partial charge in [-0.25, -0.2) is 4.79 Å². The van der Waals surface area contributed by atoms with Gasteiger partial charge in [0.05, 0.1) is 32.5 Å². The molecule has 0 fully saturated rings. The minimum absolute atomic E-state index is 0.271. The Labute approximate surface area is 275 Å². The van der Waals surface area contributed by atoms with Crippen LogP contribution >= 0.6 is 0 Å². The molecule has 7 heteroatoms. The summed E-state index contributed by atoms with van der Waals surface area (Å²) in [6, 6.07) is 30.1. The number of nitrogens with zero attached hydrogens (tertiary/aromatic N) is 1. The van der Waals surface area contributed by atoms with Crippen LogP contribution in [-0.2, 0) is 38.8 Å². The van der Waals surface area contributed by atoms with Crippen LogP contribution in [0.25, 0.3) is 0 Å². The van der Waals surface area contributed by atoms with E-state index in [9.17, 15) is 4.79 Å². The molecular weight excluding hydrogens is 576 g/mol. The van der Waals surface area contributed by atoms with E-state index in [1.165, 1.54) is 30.6 Å². The summed E-state index contributed by atoms with van der Waals surface area (Å²) in [5, 5.41) is 3.70. The predicted molar refractivity (Wildman–Crippen MR) is 183 cm³/mol. The summed E-state index contributed by atoms with van der Waals surface area (Å²) in [7, 11) is 3.40. The lowest BCUT2D eigenvalue weighted by atomic mass is 9.87. The minimum Gasteiger partial charge on any atom is -0.441 e. The molecule has 0 unspecified atom stereocenters. The van der Waals surface area contributed by atoms with E-state index < -0.39 is 24.4 Å². The van der Waals surface area contributed by atoms with E-state index in [4.69, 9.17) is 18.9 Å². The van der Waals surface area contributed by atoms with Crippen molar-refractivity contribution in [3.63, 3.8) is 0 Å². The molecule has 4 rings (SSSR count). The molecule has 1 amide bonds. The first kappa shape index (κ1) is 35.4. The van der Waals surface area contributed by atoms with Gasteiger partial charge in [-0.3, -0.25) is 0 Å². The molecule has 7 nitrogen and oxygen atoms in total. The summed E-state index contributed by atoms with van der Waals surface area (Å²) in [5.74, 6) is 0. The Morgan fingerprint density at radius 3 is 1.80 bits per heavy atom. The van der Waals surface area contributed by atoms with Gasteiger partial charge in [0.25, 0.3) is 0 Å². The molecule has 1 aliphatic carbocycles. The number of nitrogens with one attached hydrogen (secondary N) is 1. The summed E-state index contributed by atoms with van der Waals surface area (Å²) >= 11 is 0. The minimum atomic E-state index is -0.614. The molecule has 3 aromatic rings. The van der Waals surface area contributed by atoms with Crippen molar-refractivity contribution < 1.29 is 23.7 Å². The van der Waals surface area contributed by atoms with E-state index in [0.29, 0.717) is 26.4 Å². The van der Waals surface area contributed by atoms with Gasteiger partial charge >= 0.3 is 6.09 Å². The second-order valence-electron chi connectivity index (χ2n) is 12.2. The van der Waals surface area contributed by atoms with Gasteiger partial charge in [0.2, 0.25) is 0 Å². The Morgan fingerprint density at radius 1 is 0.674 bits per heavy atom. The highest BCUT2D eigenvalue weighted by molar-refractivity contribution is 5.67. The Kier molecular flexibility index (Phi) is 15.3. The summed E-state index contributed by atoms with van der Waals surface area (Å²) in [4.78, 5) is 14.5. The zero-order chi connectivity index (χ0) is 32.4. The smallest absolute Gasteiger partial charge is 0.409 e. The van der Waals surface area contributed by atoms with Crippen LogP contribution in [0.5, 0.6) is 0 Å². The fourth-order valence-electron chi connectivity index (χ4n) is 5.62. The highest BCUT2D eigenvalue weighted by Crippen LogP contribution is 2.30. The molecular formula is C39H52N2O5. The van der Waals surface area contributed by atoms with E-state index >= 15 is 0 Å². The van der Waals surface area contributed by atoms with Crippen LogP contribution < -0.4 is 5.32 Å². The topological polar surface area (TPSA) is 69.3 Å². The third kappa shape index (κ3) is 11.7. The number of amides is 1. The van der Waals surface area contributed by atoms with E-state index in [0.717, 1.165) is 41.6 Å². The number of carbonyl (C=O) groups is 1. The van der Waals surface area contributed by atoms with Crippen molar-refractivity contribution in [2.24, 2.45) is 0 Å². The Bertz CT molecular complexity index is 1290. The van der Waals surface area contributed by atoms with Gasteiger partial charge in [0.15, 0.2) is 6.10 Å². The fraction of sp³-hybridized carbons (Fsp3) is 0.462. The van der Waals surface area contributed by atoms with Gasteiger partial charge in [0, 0.05) is 14.1 Å². The lowest BCUT2D eigenvalue weighted by molar-refractivity contribution is -0.136. The first-order chi connectivity index (χ1) is 22.5. The second kappa shape index (κ2) is 19.9. The van der Waals surface area contributed by atoms with Gasteiger partial charge in [-0.2, -0.15) is 0 Å². The molecule has 1 aliphatic rings. The van der Waals surface area contributed by atoms with Gasteiger partial charge in [-0.15, -0.1) is 0 Å². The standard InChI is InChI=1S/C39H52N2O5/c1-4-5-6-7-8-18-25-40-35-26-34(30-43-27-31-19-12-9-13-20-31)36(44-28-32-21-14-10-15-22-32)38(37(35)46-39(42)41(2)3)45-29-33-23-16-11-17-24-33/h9-17,19-24,26,35-38,40H,4-8,18,25,27-30H2,1-3H3/t35-,36+,37+,38-/m0/s1. The number of unbranched alkanes of at least 4 members (excludes halogenated alkanes) is 5. The molecule has 0 aromatic heterocycles. The summed E-state index contributed by atoms with van der Waals surface area (Å²) in [6.07, 6.45) is 7.26. The van der Waals surface area contributed by atoms with Crippen molar-refractivity contribution >= 4 is 6.09 Å². The molecule has 0 heterocycles. The average Bonchev–Trinajstić information content (AvgIpc) is 3.08. The van der Waals surface area contributed by atoms with Crippen molar-refractivity contribution in [1.82, 2.24) is 10.2 Å². The van der Waals surface area contributed by atoms with Crippen LogP contribution in [0.4, 0.5) is 4.79 Å². The zero-order valence-electron chi connectivity index (χ0n) is 27.8. The molecule has 0 spiro atoms. The van der Waals surface area contributed by atoms with Crippen molar-refractivity contribution in [1.29, 1.82) is 0 Å². The third-order valence-corrected chi connectivity index (χ3v) is 8.19.